The first-order valence-electron chi connectivity index (χ1n) is 8.70. The summed E-state index contributed by atoms with van der Waals surface area (Å²) in [6, 6.07) is 5.19. The highest BCUT2D eigenvalue weighted by atomic mass is 35.5. The fourth-order valence-electron chi connectivity index (χ4n) is 3.03. The normalized spacial score (nSPS) is 15.5. The molecule has 3 rings (SSSR count). The van der Waals surface area contributed by atoms with E-state index in [2.05, 4.69) is 20.6 Å². The van der Waals surface area contributed by atoms with E-state index in [1.54, 1.807) is 36.1 Å². The first kappa shape index (κ1) is 19.7. The van der Waals surface area contributed by atoms with Crippen molar-refractivity contribution < 1.29 is 9.59 Å². The lowest BCUT2D eigenvalue weighted by Gasteiger charge is -2.31. The number of aromatic nitrogens is 2. The van der Waals surface area contributed by atoms with Crippen LogP contribution in [0.2, 0.25) is 10.0 Å². The zero-order valence-corrected chi connectivity index (χ0v) is 16.4. The maximum atomic E-state index is 12.5. The molecule has 2 aromatic rings. The van der Waals surface area contributed by atoms with Gasteiger partial charge in [0.05, 0.1) is 29.0 Å². The van der Waals surface area contributed by atoms with Crippen molar-refractivity contribution in [3.8, 4) is 5.69 Å². The zero-order chi connectivity index (χ0) is 19.4. The van der Waals surface area contributed by atoms with E-state index in [1.165, 1.54) is 6.20 Å². The van der Waals surface area contributed by atoms with Crippen LogP contribution < -0.4 is 10.6 Å². The lowest BCUT2D eigenvalue weighted by molar-refractivity contribution is -0.122. The van der Waals surface area contributed by atoms with Gasteiger partial charge >= 0.3 is 0 Å². The van der Waals surface area contributed by atoms with Gasteiger partial charge in [0, 0.05) is 37.4 Å². The second-order valence-electron chi connectivity index (χ2n) is 6.47. The van der Waals surface area contributed by atoms with Crippen molar-refractivity contribution in [2.75, 3.05) is 26.7 Å². The van der Waals surface area contributed by atoms with Crippen molar-refractivity contribution >= 4 is 35.0 Å². The highest BCUT2D eigenvalue weighted by Gasteiger charge is 2.22. The molecule has 144 valence electrons. The Morgan fingerprint density at radius 2 is 2.00 bits per heavy atom. The molecule has 7 nitrogen and oxygen atoms in total. The number of amides is 2. The molecular weight excluding hydrogens is 389 g/mol. The molecule has 2 amide bonds. The van der Waals surface area contributed by atoms with Gasteiger partial charge < -0.3 is 10.6 Å². The van der Waals surface area contributed by atoms with Gasteiger partial charge in [0.15, 0.2) is 0 Å². The Balaban J connectivity index is 1.57. The third kappa shape index (κ3) is 5.00. The van der Waals surface area contributed by atoms with Crippen molar-refractivity contribution in [1.82, 2.24) is 25.3 Å². The highest BCUT2D eigenvalue weighted by Crippen LogP contribution is 2.24. The van der Waals surface area contributed by atoms with E-state index in [0.29, 0.717) is 27.8 Å². The maximum absolute atomic E-state index is 12.5. The number of likely N-dealkylation sites (N-methyl/N-ethyl adjacent to an activating group) is 1. The number of nitrogens with zero attached hydrogens (tertiary/aromatic N) is 3. The number of hydrogen-bond acceptors (Lipinski definition) is 4. The Kier molecular flexibility index (Phi) is 6.36. The lowest BCUT2D eigenvalue weighted by atomic mass is 10.0. The molecule has 1 fully saturated rings. The number of likely N-dealkylation sites (tertiary alicyclic amines) is 1. The molecule has 0 atom stereocenters. The summed E-state index contributed by atoms with van der Waals surface area (Å²) in [7, 11) is 1.63. The summed E-state index contributed by atoms with van der Waals surface area (Å²) in [4.78, 5) is 26.0. The molecule has 1 aliphatic heterocycles. The Hall–Kier alpha value is -2.09. The smallest absolute Gasteiger partial charge is 0.254 e. The summed E-state index contributed by atoms with van der Waals surface area (Å²) in [5, 5.41) is 10.9. The minimum atomic E-state index is -0.170. The molecule has 27 heavy (non-hydrogen) atoms. The van der Waals surface area contributed by atoms with E-state index in [4.69, 9.17) is 23.2 Å². The van der Waals surface area contributed by atoms with Gasteiger partial charge in [-0.3, -0.25) is 14.5 Å². The van der Waals surface area contributed by atoms with Gasteiger partial charge in [0.2, 0.25) is 5.91 Å². The monoisotopic (exact) mass is 409 g/mol. The number of carbonyl (C=O) groups is 2. The Morgan fingerprint density at radius 1 is 1.26 bits per heavy atom. The summed E-state index contributed by atoms with van der Waals surface area (Å²) < 4.78 is 1.56. The van der Waals surface area contributed by atoms with Crippen molar-refractivity contribution in [2.24, 2.45) is 0 Å². The van der Waals surface area contributed by atoms with Gasteiger partial charge in [-0.15, -0.1) is 0 Å². The van der Waals surface area contributed by atoms with E-state index in [9.17, 15) is 9.59 Å². The number of hydrogen-bond donors (Lipinski definition) is 2. The van der Waals surface area contributed by atoms with Crippen LogP contribution in [-0.2, 0) is 4.79 Å². The van der Waals surface area contributed by atoms with E-state index >= 15 is 0 Å². The minimum Gasteiger partial charge on any atom is -0.358 e. The van der Waals surface area contributed by atoms with E-state index in [1.807, 2.05) is 0 Å². The second kappa shape index (κ2) is 8.73. The topological polar surface area (TPSA) is 79.3 Å². The first-order valence-corrected chi connectivity index (χ1v) is 9.45. The molecule has 0 saturated carbocycles. The number of carbonyl (C=O) groups excluding carboxylic acids is 2. The molecule has 1 aromatic carbocycles. The number of piperidine rings is 1. The molecule has 9 heteroatoms. The van der Waals surface area contributed by atoms with Crippen LogP contribution in [0.1, 0.15) is 23.2 Å². The standard InChI is InChI=1S/C18H21Cl2N5O2/c1-21-17(26)11-24-6-4-14(5-7-24)23-18(27)12-9-22-25(10-12)16-3-2-13(19)8-15(16)20/h2-3,8-10,14H,4-7,11H2,1H3,(H,21,26)(H,23,27). The van der Waals surface area contributed by atoms with Gasteiger partial charge in [-0.05, 0) is 31.0 Å². The minimum absolute atomic E-state index is 0.00533. The van der Waals surface area contributed by atoms with Crippen molar-refractivity contribution in [3.63, 3.8) is 0 Å². The van der Waals surface area contributed by atoms with E-state index < -0.39 is 0 Å². The molecule has 0 spiro atoms. The van der Waals surface area contributed by atoms with Gasteiger partial charge in [0.1, 0.15) is 0 Å². The van der Waals surface area contributed by atoms with Gasteiger partial charge in [0.25, 0.3) is 5.91 Å². The summed E-state index contributed by atoms with van der Waals surface area (Å²) in [6.45, 7) is 1.95. The van der Waals surface area contributed by atoms with Crippen molar-refractivity contribution in [1.29, 1.82) is 0 Å². The predicted molar refractivity (Wildman–Crippen MR) is 105 cm³/mol. The molecule has 1 saturated heterocycles. The van der Waals surface area contributed by atoms with Crippen LogP contribution in [0.15, 0.2) is 30.6 Å². The molecule has 0 unspecified atom stereocenters. The molecule has 2 heterocycles. The van der Waals surface area contributed by atoms with Crippen LogP contribution in [0.3, 0.4) is 0 Å². The predicted octanol–water partition coefficient (Wildman–Crippen LogP) is 2.12. The first-order chi connectivity index (χ1) is 13.0. The molecule has 0 bridgehead atoms. The number of halogens is 2. The zero-order valence-electron chi connectivity index (χ0n) is 14.9. The summed E-state index contributed by atoms with van der Waals surface area (Å²) in [5.74, 6) is -0.165. The Morgan fingerprint density at radius 3 is 2.67 bits per heavy atom. The van der Waals surface area contributed by atoms with Crippen molar-refractivity contribution in [2.45, 2.75) is 18.9 Å². The number of benzene rings is 1. The average molecular weight is 410 g/mol. The van der Waals surface area contributed by atoms with E-state index in [0.717, 1.165) is 25.9 Å². The fraction of sp³-hybridized carbons (Fsp3) is 0.389. The van der Waals surface area contributed by atoms with Gasteiger partial charge in [-0.25, -0.2) is 4.68 Å². The maximum Gasteiger partial charge on any atom is 0.254 e. The van der Waals surface area contributed by atoms with E-state index in [-0.39, 0.29) is 17.9 Å². The second-order valence-corrected chi connectivity index (χ2v) is 7.31. The number of nitrogens with one attached hydrogen (secondary N) is 2. The summed E-state index contributed by atoms with van der Waals surface area (Å²) in [5.41, 5.74) is 1.12. The van der Waals surface area contributed by atoms with Crippen LogP contribution in [0.25, 0.3) is 5.69 Å². The summed E-state index contributed by atoms with van der Waals surface area (Å²) >= 11 is 12.1. The summed E-state index contributed by atoms with van der Waals surface area (Å²) in [6.07, 6.45) is 4.77. The highest BCUT2D eigenvalue weighted by molar-refractivity contribution is 6.35. The largest absolute Gasteiger partial charge is 0.358 e. The van der Waals surface area contributed by atoms with Crippen LogP contribution in [0.5, 0.6) is 0 Å². The third-order valence-electron chi connectivity index (χ3n) is 4.57. The Bertz CT molecular complexity index is 831. The number of rotatable bonds is 5. The molecule has 2 N–H and O–H groups in total. The SMILES string of the molecule is CNC(=O)CN1CCC(NC(=O)c2cnn(-c3ccc(Cl)cc3Cl)c2)CC1. The van der Waals surface area contributed by atoms with Crippen LogP contribution in [0.4, 0.5) is 0 Å². The van der Waals surface area contributed by atoms with Gasteiger partial charge in [-0.2, -0.15) is 5.10 Å². The lowest BCUT2D eigenvalue weighted by Crippen LogP contribution is -2.47. The molecular formula is C18H21Cl2N5O2. The Labute approximate surface area is 167 Å². The van der Waals surface area contributed by atoms with Crippen molar-refractivity contribution in [3.05, 3.63) is 46.2 Å². The fourth-order valence-corrected chi connectivity index (χ4v) is 3.52. The molecule has 0 aliphatic carbocycles. The van der Waals surface area contributed by atoms with Crippen LogP contribution in [-0.4, -0.2) is 59.2 Å². The quantitative estimate of drug-likeness (QED) is 0.792. The van der Waals surface area contributed by atoms with Crippen LogP contribution in [0, 0.1) is 0 Å². The van der Waals surface area contributed by atoms with Crippen LogP contribution >= 0.6 is 23.2 Å². The third-order valence-corrected chi connectivity index (χ3v) is 5.11. The van der Waals surface area contributed by atoms with Gasteiger partial charge in [-0.1, -0.05) is 23.2 Å². The molecule has 1 aromatic heterocycles. The average Bonchev–Trinajstić information content (AvgIpc) is 3.13. The molecule has 1 aliphatic rings. The molecule has 0 radical (unpaired) electrons.